The Kier molecular flexibility index (Phi) is 7.28. The molecular weight excluding hydrogens is 341 g/mol. The van der Waals surface area contributed by atoms with E-state index in [9.17, 15) is 14.0 Å². The molecule has 2 aromatic carbocycles. The summed E-state index contributed by atoms with van der Waals surface area (Å²) >= 11 is 1.44. The van der Waals surface area contributed by atoms with Gasteiger partial charge in [0, 0.05) is 23.6 Å². The average molecular weight is 361 g/mol. The number of hydrazine groups is 1. The van der Waals surface area contributed by atoms with Gasteiger partial charge in [-0.1, -0.05) is 29.8 Å². The molecule has 0 bridgehead atoms. The number of hydrogen-bond donors (Lipinski definition) is 3. The van der Waals surface area contributed by atoms with Gasteiger partial charge in [0.05, 0.1) is 0 Å². The Balaban J connectivity index is 1.59. The molecule has 0 aliphatic carbocycles. The van der Waals surface area contributed by atoms with Gasteiger partial charge in [0.15, 0.2) is 0 Å². The van der Waals surface area contributed by atoms with Crippen LogP contribution < -0.4 is 16.2 Å². The van der Waals surface area contributed by atoms with Gasteiger partial charge in [-0.15, -0.1) is 11.8 Å². The lowest BCUT2D eigenvalue weighted by atomic mass is 10.1. The highest BCUT2D eigenvalue weighted by atomic mass is 32.2. The first-order valence-electron chi connectivity index (χ1n) is 7.79. The summed E-state index contributed by atoms with van der Waals surface area (Å²) in [7, 11) is 0. The molecule has 0 saturated carbocycles. The summed E-state index contributed by atoms with van der Waals surface area (Å²) in [6.07, 6.45) is 0.236. The third-order valence-electron chi connectivity index (χ3n) is 3.30. The normalized spacial score (nSPS) is 10.2. The van der Waals surface area contributed by atoms with Crippen LogP contribution in [0.3, 0.4) is 0 Å². The third-order valence-corrected chi connectivity index (χ3v) is 4.31. The van der Waals surface area contributed by atoms with Crippen LogP contribution in [-0.4, -0.2) is 17.7 Å². The molecule has 0 aliphatic rings. The third kappa shape index (κ3) is 7.26. The smallest absolute Gasteiger partial charge is 0.333 e. The topological polar surface area (TPSA) is 70.2 Å². The summed E-state index contributed by atoms with van der Waals surface area (Å²) in [5, 5.41) is 2.66. The van der Waals surface area contributed by atoms with E-state index in [0.29, 0.717) is 12.3 Å². The maximum atomic E-state index is 12.8. The number of benzene rings is 2. The van der Waals surface area contributed by atoms with Gasteiger partial charge < -0.3 is 5.32 Å². The lowest BCUT2D eigenvalue weighted by molar-refractivity contribution is -0.121. The van der Waals surface area contributed by atoms with Gasteiger partial charge in [-0.3, -0.25) is 10.2 Å². The van der Waals surface area contributed by atoms with E-state index < -0.39 is 6.03 Å². The van der Waals surface area contributed by atoms with Crippen molar-refractivity contribution in [2.75, 3.05) is 5.75 Å². The molecule has 0 saturated heterocycles. The second-order valence-electron chi connectivity index (χ2n) is 5.39. The predicted molar refractivity (Wildman–Crippen MR) is 96.4 cm³/mol. The minimum absolute atomic E-state index is 0.236. The molecule has 0 aliphatic heterocycles. The molecule has 3 amide bonds. The Bertz CT molecular complexity index is 705. The number of aryl methyl sites for hydroxylation is 1. The van der Waals surface area contributed by atoms with E-state index in [0.717, 1.165) is 16.0 Å². The van der Waals surface area contributed by atoms with Crippen LogP contribution in [0.1, 0.15) is 17.5 Å². The van der Waals surface area contributed by atoms with Crippen LogP contribution >= 0.6 is 11.8 Å². The predicted octanol–water partition coefficient (Wildman–Crippen LogP) is 3.15. The first kappa shape index (κ1) is 18.8. The molecule has 25 heavy (non-hydrogen) atoms. The lowest BCUT2D eigenvalue weighted by Gasteiger charge is -2.09. The highest BCUT2D eigenvalue weighted by Crippen LogP contribution is 2.18. The molecule has 0 aromatic heterocycles. The quantitative estimate of drug-likeness (QED) is 0.547. The number of nitrogens with one attached hydrogen (secondary N) is 3. The van der Waals surface area contributed by atoms with Gasteiger partial charge in [0.1, 0.15) is 5.82 Å². The molecular formula is C18H20FN3O2S. The Morgan fingerprint density at radius 1 is 1.00 bits per heavy atom. The van der Waals surface area contributed by atoms with Crippen molar-refractivity contribution in [3.05, 3.63) is 65.5 Å². The number of hydrogen-bond acceptors (Lipinski definition) is 3. The van der Waals surface area contributed by atoms with Crippen LogP contribution in [0.25, 0.3) is 0 Å². The second-order valence-corrected chi connectivity index (χ2v) is 6.56. The molecule has 0 spiro atoms. The van der Waals surface area contributed by atoms with Crippen molar-refractivity contribution < 1.29 is 14.0 Å². The molecule has 0 heterocycles. The van der Waals surface area contributed by atoms with Gasteiger partial charge in [-0.05, 0) is 36.8 Å². The summed E-state index contributed by atoms with van der Waals surface area (Å²) in [5.41, 5.74) is 6.79. The Hall–Kier alpha value is -2.54. The van der Waals surface area contributed by atoms with Crippen molar-refractivity contribution >= 4 is 23.7 Å². The Morgan fingerprint density at radius 3 is 2.36 bits per heavy atom. The van der Waals surface area contributed by atoms with Crippen molar-refractivity contribution in [2.45, 2.75) is 24.8 Å². The molecule has 0 unspecified atom stereocenters. The number of rotatable bonds is 6. The zero-order valence-electron chi connectivity index (χ0n) is 13.8. The van der Waals surface area contributed by atoms with E-state index in [2.05, 4.69) is 16.2 Å². The fourth-order valence-corrected chi connectivity index (χ4v) is 2.77. The van der Waals surface area contributed by atoms with Crippen molar-refractivity contribution in [1.82, 2.24) is 16.2 Å². The highest BCUT2D eigenvalue weighted by Gasteiger charge is 2.05. The maximum absolute atomic E-state index is 12.8. The zero-order chi connectivity index (χ0) is 18.1. The minimum atomic E-state index is -0.472. The van der Waals surface area contributed by atoms with Crippen LogP contribution in [0.2, 0.25) is 0 Å². The summed E-state index contributed by atoms with van der Waals surface area (Å²) in [6, 6.07) is 13.4. The molecule has 3 N–H and O–H groups in total. The van der Waals surface area contributed by atoms with Crippen LogP contribution in [0, 0.1) is 12.7 Å². The van der Waals surface area contributed by atoms with Crippen LogP contribution in [0.5, 0.6) is 0 Å². The SMILES string of the molecule is Cc1ccc(CNC(=O)NNC(=O)CCSc2ccc(F)cc2)cc1. The number of halogens is 1. The minimum Gasteiger partial charge on any atom is -0.333 e. The Morgan fingerprint density at radius 2 is 1.68 bits per heavy atom. The van der Waals surface area contributed by atoms with Crippen molar-refractivity contribution in [2.24, 2.45) is 0 Å². The zero-order valence-corrected chi connectivity index (χ0v) is 14.7. The Labute approximate surface area is 150 Å². The molecule has 0 atom stereocenters. The van der Waals surface area contributed by atoms with Gasteiger partial charge in [-0.25, -0.2) is 14.6 Å². The second kappa shape index (κ2) is 9.68. The number of urea groups is 1. The first-order valence-corrected chi connectivity index (χ1v) is 8.78. The van der Waals surface area contributed by atoms with Crippen molar-refractivity contribution in [1.29, 1.82) is 0 Å². The van der Waals surface area contributed by atoms with Gasteiger partial charge in [0.2, 0.25) is 5.91 Å². The summed E-state index contributed by atoms with van der Waals surface area (Å²) in [5.74, 6) is -0.0486. The van der Waals surface area contributed by atoms with Gasteiger partial charge in [-0.2, -0.15) is 0 Å². The summed E-state index contributed by atoms with van der Waals surface area (Å²) in [6.45, 7) is 2.37. The maximum Gasteiger partial charge on any atom is 0.333 e. The monoisotopic (exact) mass is 361 g/mol. The first-order chi connectivity index (χ1) is 12.0. The van der Waals surface area contributed by atoms with E-state index in [1.807, 2.05) is 31.2 Å². The van der Waals surface area contributed by atoms with Crippen molar-refractivity contribution in [3.8, 4) is 0 Å². The summed E-state index contributed by atoms with van der Waals surface area (Å²) < 4.78 is 12.8. The summed E-state index contributed by atoms with van der Waals surface area (Å²) in [4.78, 5) is 24.2. The van der Waals surface area contributed by atoms with Crippen LogP contribution in [0.15, 0.2) is 53.4 Å². The van der Waals surface area contributed by atoms with E-state index >= 15 is 0 Å². The molecule has 7 heteroatoms. The fraction of sp³-hybridized carbons (Fsp3) is 0.222. The molecule has 2 rings (SSSR count). The van der Waals surface area contributed by atoms with Gasteiger partial charge >= 0.3 is 6.03 Å². The fourth-order valence-electron chi connectivity index (χ4n) is 1.91. The van der Waals surface area contributed by atoms with Gasteiger partial charge in [0.25, 0.3) is 0 Å². The van der Waals surface area contributed by atoms with E-state index in [-0.39, 0.29) is 18.1 Å². The molecule has 0 fully saturated rings. The lowest BCUT2D eigenvalue weighted by Crippen LogP contribution is -2.46. The highest BCUT2D eigenvalue weighted by molar-refractivity contribution is 7.99. The largest absolute Gasteiger partial charge is 0.333 e. The molecule has 0 radical (unpaired) electrons. The standard InChI is InChI=1S/C18H20FN3O2S/c1-13-2-4-14(5-3-13)12-20-18(24)22-21-17(23)10-11-25-16-8-6-15(19)7-9-16/h2-9H,10-12H2,1H3,(H,21,23)(H2,20,22,24). The number of carbonyl (C=O) groups excluding carboxylic acids is 2. The van der Waals surface area contributed by atoms with Crippen molar-refractivity contribution in [3.63, 3.8) is 0 Å². The number of carbonyl (C=O) groups is 2. The number of amides is 3. The molecule has 5 nitrogen and oxygen atoms in total. The van der Waals surface area contributed by atoms with Crippen LogP contribution in [-0.2, 0) is 11.3 Å². The van der Waals surface area contributed by atoms with E-state index in [1.165, 1.54) is 23.9 Å². The van der Waals surface area contributed by atoms with Crippen LogP contribution in [0.4, 0.5) is 9.18 Å². The van der Waals surface area contributed by atoms with E-state index in [1.54, 1.807) is 12.1 Å². The average Bonchev–Trinajstić information content (AvgIpc) is 2.61. The number of thioether (sulfide) groups is 1. The van der Waals surface area contributed by atoms with E-state index in [4.69, 9.17) is 0 Å². The molecule has 132 valence electrons. The molecule has 2 aromatic rings.